The fourth-order valence-electron chi connectivity index (χ4n) is 1.78. The summed E-state index contributed by atoms with van der Waals surface area (Å²) in [6, 6.07) is 0. The molecule has 1 rings (SSSR count). The van der Waals surface area contributed by atoms with Crippen LogP contribution in [-0.4, -0.2) is 43.2 Å². The molecule has 1 fully saturated rings. The number of rotatable bonds is 10. The van der Waals surface area contributed by atoms with Gasteiger partial charge in [-0.1, -0.05) is 26.1 Å². The highest BCUT2D eigenvalue weighted by atomic mass is 32.1. The number of hydrogen-bond acceptors (Lipinski definition) is 3. The highest BCUT2D eigenvalue weighted by Gasteiger charge is 2.21. The van der Waals surface area contributed by atoms with Crippen molar-refractivity contribution in [3.63, 3.8) is 0 Å². The summed E-state index contributed by atoms with van der Waals surface area (Å²) in [6.45, 7) is 8.15. The molecule has 106 valence electrons. The van der Waals surface area contributed by atoms with Crippen molar-refractivity contribution in [1.82, 2.24) is 4.90 Å². The van der Waals surface area contributed by atoms with Gasteiger partial charge in [0.05, 0.1) is 11.6 Å². The van der Waals surface area contributed by atoms with Gasteiger partial charge in [-0.3, -0.25) is 0 Å². The number of ether oxygens (including phenoxy) is 1. The van der Waals surface area contributed by atoms with Gasteiger partial charge < -0.3 is 15.4 Å². The Kier molecular flexibility index (Phi) is 6.53. The van der Waals surface area contributed by atoms with Gasteiger partial charge in [0.25, 0.3) is 0 Å². The molecule has 0 saturated heterocycles. The molecule has 4 heteroatoms. The van der Waals surface area contributed by atoms with Crippen molar-refractivity contribution in [2.24, 2.45) is 17.1 Å². The van der Waals surface area contributed by atoms with Crippen LogP contribution in [-0.2, 0) is 4.74 Å². The summed E-state index contributed by atoms with van der Waals surface area (Å²) in [7, 11) is 2.15. The first kappa shape index (κ1) is 15.9. The zero-order valence-corrected chi connectivity index (χ0v) is 12.9. The van der Waals surface area contributed by atoms with Crippen LogP contribution in [0.1, 0.15) is 39.5 Å². The van der Waals surface area contributed by atoms with E-state index in [0.29, 0.717) is 4.99 Å². The maximum absolute atomic E-state index is 5.72. The van der Waals surface area contributed by atoms with Crippen LogP contribution in [0.4, 0.5) is 0 Å². The van der Waals surface area contributed by atoms with Crippen LogP contribution in [0.5, 0.6) is 0 Å². The predicted molar refractivity (Wildman–Crippen MR) is 80.8 cm³/mol. The largest absolute Gasteiger partial charge is 0.393 e. The van der Waals surface area contributed by atoms with Crippen molar-refractivity contribution in [2.45, 2.75) is 39.5 Å². The summed E-state index contributed by atoms with van der Waals surface area (Å²) in [5.74, 6) is 0.863. The second-order valence-corrected chi connectivity index (χ2v) is 6.61. The van der Waals surface area contributed by atoms with E-state index in [1.54, 1.807) is 0 Å². The first-order valence-electron chi connectivity index (χ1n) is 6.98. The molecule has 2 N–H and O–H groups in total. The number of nitrogens with zero attached hydrogens (tertiary/aromatic N) is 1. The zero-order valence-electron chi connectivity index (χ0n) is 12.1. The number of thiocarbonyl (C=S) groups is 1. The molecule has 0 amide bonds. The molecule has 0 radical (unpaired) electrons. The SMILES string of the molecule is CN(CCCC(C)(C)C(N)=S)CCOCC1CC1. The average Bonchev–Trinajstić information content (AvgIpc) is 3.08. The Morgan fingerprint density at radius 3 is 2.61 bits per heavy atom. The molecule has 18 heavy (non-hydrogen) atoms. The fourth-order valence-corrected chi connectivity index (χ4v) is 1.88. The third-order valence-corrected chi connectivity index (χ3v) is 4.23. The molecule has 0 atom stereocenters. The van der Waals surface area contributed by atoms with E-state index in [-0.39, 0.29) is 5.41 Å². The molecule has 0 unspecified atom stereocenters. The van der Waals surface area contributed by atoms with E-state index in [4.69, 9.17) is 22.7 Å². The van der Waals surface area contributed by atoms with Crippen molar-refractivity contribution in [3.8, 4) is 0 Å². The first-order valence-corrected chi connectivity index (χ1v) is 7.39. The summed E-state index contributed by atoms with van der Waals surface area (Å²) in [5, 5.41) is 0. The normalized spacial score (nSPS) is 16.2. The quantitative estimate of drug-likeness (QED) is 0.490. The molecule has 1 aliphatic carbocycles. The lowest BCUT2D eigenvalue weighted by Crippen LogP contribution is -2.31. The molecule has 0 aliphatic heterocycles. The lowest BCUT2D eigenvalue weighted by molar-refractivity contribution is 0.102. The van der Waals surface area contributed by atoms with Crippen molar-refractivity contribution in [3.05, 3.63) is 0 Å². The third kappa shape index (κ3) is 6.66. The molecule has 0 bridgehead atoms. The topological polar surface area (TPSA) is 38.5 Å². The van der Waals surface area contributed by atoms with E-state index in [2.05, 4.69) is 25.8 Å². The van der Waals surface area contributed by atoms with Gasteiger partial charge in [-0.15, -0.1) is 0 Å². The Hall–Kier alpha value is -0.190. The van der Waals surface area contributed by atoms with Crippen LogP contribution in [0.2, 0.25) is 0 Å². The summed E-state index contributed by atoms with van der Waals surface area (Å²) in [6.07, 6.45) is 4.91. The molecule has 3 nitrogen and oxygen atoms in total. The summed E-state index contributed by atoms with van der Waals surface area (Å²) in [4.78, 5) is 2.95. The van der Waals surface area contributed by atoms with Gasteiger partial charge in [-0.05, 0) is 45.2 Å². The van der Waals surface area contributed by atoms with Crippen molar-refractivity contribution in [1.29, 1.82) is 0 Å². The highest BCUT2D eigenvalue weighted by molar-refractivity contribution is 7.80. The van der Waals surface area contributed by atoms with Gasteiger partial charge in [-0.25, -0.2) is 0 Å². The summed E-state index contributed by atoms with van der Waals surface area (Å²) < 4.78 is 5.63. The van der Waals surface area contributed by atoms with E-state index in [1.807, 2.05) is 0 Å². The highest BCUT2D eigenvalue weighted by Crippen LogP contribution is 2.28. The second kappa shape index (κ2) is 7.41. The van der Waals surface area contributed by atoms with Crippen molar-refractivity contribution < 1.29 is 4.74 Å². The molecule has 1 saturated carbocycles. The fraction of sp³-hybridized carbons (Fsp3) is 0.929. The van der Waals surface area contributed by atoms with Crippen molar-refractivity contribution in [2.75, 3.05) is 33.4 Å². The minimum atomic E-state index is -0.0152. The third-order valence-electron chi connectivity index (χ3n) is 3.68. The second-order valence-electron chi connectivity index (χ2n) is 6.17. The Morgan fingerprint density at radius 1 is 1.39 bits per heavy atom. The minimum absolute atomic E-state index is 0.0152. The average molecular weight is 272 g/mol. The van der Waals surface area contributed by atoms with Gasteiger partial charge >= 0.3 is 0 Å². The maximum atomic E-state index is 5.72. The Labute approximate surface area is 117 Å². The summed E-state index contributed by atoms with van der Waals surface area (Å²) >= 11 is 5.07. The molecule has 1 aliphatic rings. The molecule has 0 spiro atoms. The monoisotopic (exact) mass is 272 g/mol. The lowest BCUT2D eigenvalue weighted by Gasteiger charge is -2.24. The van der Waals surface area contributed by atoms with Crippen LogP contribution in [0.25, 0.3) is 0 Å². The number of hydrogen-bond donors (Lipinski definition) is 1. The molecular formula is C14H28N2OS. The van der Waals surface area contributed by atoms with Gasteiger partial charge in [0, 0.05) is 18.6 Å². The maximum Gasteiger partial charge on any atom is 0.0784 e. The molecular weight excluding hydrogens is 244 g/mol. The van der Waals surface area contributed by atoms with E-state index in [1.165, 1.54) is 12.8 Å². The smallest absolute Gasteiger partial charge is 0.0784 e. The Morgan fingerprint density at radius 2 is 2.06 bits per heavy atom. The van der Waals surface area contributed by atoms with Gasteiger partial charge in [0.2, 0.25) is 0 Å². The lowest BCUT2D eigenvalue weighted by atomic mass is 9.88. The zero-order chi connectivity index (χ0) is 13.6. The standard InChI is InChI=1S/C14H28N2OS/c1-14(2,13(15)18)7-4-8-16(3)9-10-17-11-12-5-6-12/h12H,4-11H2,1-3H3,(H2,15,18). The van der Waals surface area contributed by atoms with E-state index in [0.717, 1.165) is 45.1 Å². The minimum Gasteiger partial charge on any atom is -0.393 e. The first-order chi connectivity index (χ1) is 8.42. The molecule has 0 aromatic rings. The van der Waals surface area contributed by atoms with Gasteiger partial charge in [-0.2, -0.15) is 0 Å². The molecule has 0 aromatic carbocycles. The van der Waals surface area contributed by atoms with E-state index < -0.39 is 0 Å². The number of nitrogens with two attached hydrogens (primary N) is 1. The van der Waals surface area contributed by atoms with Crippen LogP contribution >= 0.6 is 12.2 Å². The number of likely N-dealkylation sites (N-methyl/N-ethyl adjacent to an activating group) is 1. The van der Waals surface area contributed by atoms with Crippen LogP contribution < -0.4 is 5.73 Å². The predicted octanol–water partition coefficient (Wildman–Crippen LogP) is 2.44. The Bertz CT molecular complexity index is 265. The van der Waals surface area contributed by atoms with Crippen LogP contribution in [0, 0.1) is 11.3 Å². The van der Waals surface area contributed by atoms with Gasteiger partial charge in [0.1, 0.15) is 0 Å². The van der Waals surface area contributed by atoms with Crippen LogP contribution in [0.15, 0.2) is 0 Å². The molecule has 0 heterocycles. The van der Waals surface area contributed by atoms with Crippen molar-refractivity contribution >= 4 is 17.2 Å². The van der Waals surface area contributed by atoms with E-state index >= 15 is 0 Å². The molecule has 0 aromatic heterocycles. The van der Waals surface area contributed by atoms with Crippen LogP contribution in [0.3, 0.4) is 0 Å². The Balaban J connectivity index is 1.98. The summed E-state index contributed by atoms with van der Waals surface area (Å²) in [5.41, 5.74) is 5.70. The van der Waals surface area contributed by atoms with Gasteiger partial charge in [0.15, 0.2) is 0 Å². The van der Waals surface area contributed by atoms with E-state index in [9.17, 15) is 0 Å².